The molecule has 0 aliphatic rings. The first kappa shape index (κ1) is 13.1. The number of nitrogens with zero attached hydrogens (tertiary/aromatic N) is 1. The minimum atomic E-state index is -0.375. The molecular formula is C17H13NO3. The highest BCUT2D eigenvalue weighted by atomic mass is 16.5. The molecule has 104 valence electrons. The van der Waals surface area contributed by atoms with E-state index >= 15 is 0 Å². The highest BCUT2D eigenvalue weighted by Gasteiger charge is 2.10. The van der Waals surface area contributed by atoms with Crippen molar-refractivity contribution in [2.24, 2.45) is 0 Å². The Morgan fingerprint density at radius 1 is 1.00 bits per heavy atom. The largest absolute Gasteiger partial charge is 0.455 e. The maximum Gasteiger partial charge on any atom is 0.338 e. The van der Waals surface area contributed by atoms with Crippen molar-refractivity contribution < 1.29 is 13.9 Å². The Hall–Kier alpha value is -2.88. The lowest BCUT2D eigenvalue weighted by atomic mass is 10.2. The van der Waals surface area contributed by atoms with Crippen LogP contribution in [0.3, 0.4) is 0 Å². The number of hydrogen-bond acceptors (Lipinski definition) is 4. The summed E-state index contributed by atoms with van der Waals surface area (Å²) in [6.45, 7) is 0.0874. The summed E-state index contributed by atoms with van der Waals surface area (Å²) in [6, 6.07) is 18.4. The van der Waals surface area contributed by atoms with Gasteiger partial charge in [-0.1, -0.05) is 36.4 Å². The van der Waals surface area contributed by atoms with Gasteiger partial charge in [0.05, 0.1) is 5.56 Å². The second-order valence-corrected chi connectivity index (χ2v) is 4.45. The third-order valence-electron chi connectivity index (χ3n) is 2.93. The van der Waals surface area contributed by atoms with Gasteiger partial charge in [0.2, 0.25) is 5.89 Å². The van der Waals surface area contributed by atoms with E-state index in [9.17, 15) is 4.79 Å². The first-order valence-electron chi connectivity index (χ1n) is 6.55. The molecule has 0 atom stereocenters. The number of carbonyl (C=O) groups excluding carboxylic acids is 1. The smallest absolute Gasteiger partial charge is 0.338 e. The van der Waals surface area contributed by atoms with Crippen LogP contribution < -0.4 is 0 Å². The van der Waals surface area contributed by atoms with Crippen molar-refractivity contribution in [1.29, 1.82) is 0 Å². The molecule has 0 amide bonds. The topological polar surface area (TPSA) is 52.3 Å². The molecule has 1 heterocycles. The first-order valence-corrected chi connectivity index (χ1v) is 6.55. The molecule has 2 aromatic carbocycles. The normalized spacial score (nSPS) is 10.3. The lowest BCUT2D eigenvalue weighted by Crippen LogP contribution is -2.05. The predicted molar refractivity (Wildman–Crippen MR) is 77.5 cm³/mol. The summed E-state index contributed by atoms with van der Waals surface area (Å²) in [5.41, 5.74) is 1.99. The second kappa shape index (κ2) is 6.05. The Kier molecular flexibility index (Phi) is 3.78. The average Bonchev–Trinajstić information content (AvgIpc) is 3.03. The lowest BCUT2D eigenvalue weighted by Gasteiger charge is -2.01. The van der Waals surface area contributed by atoms with E-state index in [0.29, 0.717) is 17.1 Å². The minimum Gasteiger partial charge on any atom is -0.455 e. The molecule has 0 aliphatic heterocycles. The molecule has 0 spiro atoms. The van der Waals surface area contributed by atoms with Gasteiger partial charge in [-0.25, -0.2) is 9.78 Å². The van der Waals surface area contributed by atoms with Crippen LogP contribution in [0, 0.1) is 0 Å². The maximum absolute atomic E-state index is 11.8. The van der Waals surface area contributed by atoms with Crippen LogP contribution in [-0.4, -0.2) is 11.0 Å². The average molecular weight is 279 g/mol. The van der Waals surface area contributed by atoms with Crippen molar-refractivity contribution >= 4 is 5.97 Å². The summed E-state index contributed by atoms with van der Waals surface area (Å²) in [7, 11) is 0. The molecule has 3 aromatic rings. The zero-order valence-electron chi connectivity index (χ0n) is 11.2. The molecule has 0 unspecified atom stereocenters. The molecule has 4 heteroatoms. The Morgan fingerprint density at radius 2 is 1.67 bits per heavy atom. The minimum absolute atomic E-state index is 0.0874. The van der Waals surface area contributed by atoms with E-state index in [1.54, 1.807) is 24.3 Å². The van der Waals surface area contributed by atoms with Crippen molar-refractivity contribution in [3.8, 4) is 11.5 Å². The van der Waals surface area contributed by atoms with Crippen molar-refractivity contribution in [2.75, 3.05) is 0 Å². The fraction of sp³-hybridized carbons (Fsp3) is 0.0588. The summed E-state index contributed by atoms with van der Waals surface area (Å²) >= 11 is 0. The van der Waals surface area contributed by atoms with Gasteiger partial charge in [0.15, 0.2) is 0 Å². The lowest BCUT2D eigenvalue weighted by molar-refractivity contribution is 0.0468. The highest BCUT2D eigenvalue weighted by molar-refractivity contribution is 5.89. The molecule has 0 N–H and O–H groups in total. The molecule has 0 radical (unpaired) electrons. The van der Waals surface area contributed by atoms with E-state index in [2.05, 4.69) is 4.98 Å². The van der Waals surface area contributed by atoms with Crippen LogP contribution in [0.15, 0.2) is 71.3 Å². The molecule has 0 saturated heterocycles. The second-order valence-electron chi connectivity index (χ2n) is 4.45. The van der Waals surface area contributed by atoms with Crippen LogP contribution in [0.2, 0.25) is 0 Å². The van der Waals surface area contributed by atoms with Crippen LogP contribution in [0.4, 0.5) is 0 Å². The fourth-order valence-electron chi connectivity index (χ4n) is 1.88. The molecule has 0 saturated carbocycles. The third kappa shape index (κ3) is 3.17. The number of carbonyl (C=O) groups is 1. The monoisotopic (exact) mass is 279 g/mol. The highest BCUT2D eigenvalue weighted by Crippen LogP contribution is 2.18. The van der Waals surface area contributed by atoms with Gasteiger partial charge in [-0.15, -0.1) is 0 Å². The SMILES string of the molecule is O=C(OCc1coc(-c2ccccc2)n1)c1ccccc1. The van der Waals surface area contributed by atoms with E-state index in [1.807, 2.05) is 36.4 Å². The Morgan fingerprint density at radius 3 is 2.38 bits per heavy atom. The number of rotatable bonds is 4. The van der Waals surface area contributed by atoms with Gasteiger partial charge < -0.3 is 9.15 Å². The zero-order chi connectivity index (χ0) is 14.5. The van der Waals surface area contributed by atoms with Crippen molar-refractivity contribution in [3.63, 3.8) is 0 Å². The standard InChI is InChI=1S/C17H13NO3/c19-17(14-9-5-2-6-10-14)21-12-15-11-20-16(18-15)13-7-3-1-4-8-13/h1-11H,12H2. The predicted octanol–water partition coefficient (Wildman–Crippen LogP) is 3.70. The van der Waals surface area contributed by atoms with E-state index < -0.39 is 0 Å². The van der Waals surface area contributed by atoms with Crippen molar-refractivity contribution in [1.82, 2.24) is 4.98 Å². The molecule has 1 aromatic heterocycles. The third-order valence-corrected chi connectivity index (χ3v) is 2.93. The molecular weight excluding hydrogens is 266 g/mol. The van der Waals surface area contributed by atoms with Gasteiger partial charge in [-0.05, 0) is 24.3 Å². The number of oxazole rings is 1. The van der Waals surface area contributed by atoms with Crippen LogP contribution in [-0.2, 0) is 11.3 Å². The molecule has 21 heavy (non-hydrogen) atoms. The summed E-state index contributed by atoms with van der Waals surface area (Å²) in [4.78, 5) is 16.1. The van der Waals surface area contributed by atoms with Gasteiger partial charge in [-0.2, -0.15) is 0 Å². The molecule has 3 rings (SSSR count). The van der Waals surface area contributed by atoms with Crippen molar-refractivity contribution in [2.45, 2.75) is 6.61 Å². The van der Waals surface area contributed by atoms with E-state index in [0.717, 1.165) is 5.56 Å². The molecule has 0 aliphatic carbocycles. The van der Waals surface area contributed by atoms with Crippen LogP contribution in [0.5, 0.6) is 0 Å². The molecule has 4 nitrogen and oxygen atoms in total. The number of benzene rings is 2. The van der Waals surface area contributed by atoms with Crippen LogP contribution >= 0.6 is 0 Å². The summed E-state index contributed by atoms with van der Waals surface area (Å²) in [5, 5.41) is 0. The van der Waals surface area contributed by atoms with Crippen LogP contribution in [0.25, 0.3) is 11.5 Å². The van der Waals surface area contributed by atoms with E-state index in [-0.39, 0.29) is 12.6 Å². The number of esters is 1. The summed E-state index contributed by atoms with van der Waals surface area (Å²) in [5.74, 6) is 0.140. The molecule has 0 fully saturated rings. The maximum atomic E-state index is 11.8. The number of ether oxygens (including phenoxy) is 1. The Labute approximate surface area is 122 Å². The first-order chi connectivity index (χ1) is 10.3. The number of hydrogen-bond donors (Lipinski definition) is 0. The van der Waals surface area contributed by atoms with Gasteiger partial charge in [0, 0.05) is 5.56 Å². The molecule has 0 bridgehead atoms. The number of aromatic nitrogens is 1. The Bertz CT molecular complexity index is 720. The van der Waals surface area contributed by atoms with Gasteiger partial charge in [0.25, 0.3) is 0 Å². The van der Waals surface area contributed by atoms with E-state index in [4.69, 9.17) is 9.15 Å². The zero-order valence-corrected chi connectivity index (χ0v) is 11.2. The van der Waals surface area contributed by atoms with Gasteiger partial charge in [-0.3, -0.25) is 0 Å². The van der Waals surface area contributed by atoms with Gasteiger partial charge in [0.1, 0.15) is 18.6 Å². The Balaban J connectivity index is 1.64. The van der Waals surface area contributed by atoms with Gasteiger partial charge >= 0.3 is 5.97 Å². The van der Waals surface area contributed by atoms with Crippen LogP contribution in [0.1, 0.15) is 16.1 Å². The van der Waals surface area contributed by atoms with Crippen molar-refractivity contribution in [3.05, 3.63) is 78.2 Å². The summed E-state index contributed by atoms with van der Waals surface area (Å²) < 4.78 is 10.6. The fourth-order valence-corrected chi connectivity index (χ4v) is 1.88. The summed E-state index contributed by atoms with van der Waals surface area (Å²) in [6.07, 6.45) is 1.50. The quantitative estimate of drug-likeness (QED) is 0.683. The van der Waals surface area contributed by atoms with E-state index in [1.165, 1.54) is 6.26 Å².